The number of aryl methyl sites for hydroxylation is 1. The van der Waals surface area contributed by atoms with Crippen molar-refractivity contribution in [2.45, 2.75) is 31.6 Å². The zero-order chi connectivity index (χ0) is 19.2. The van der Waals surface area contributed by atoms with Crippen molar-refractivity contribution >= 4 is 16.0 Å². The Morgan fingerprint density at radius 3 is 2.38 bits per heavy atom. The molecule has 144 valence electrons. The second kappa shape index (κ2) is 9.01. The SMILES string of the molecule is COCC(COC)n1cnnc1NS(=O)(=O)[C@@H](C)Cc1ncc(C)cn1. The molecule has 10 nitrogen and oxygen atoms in total. The van der Waals surface area contributed by atoms with Crippen LogP contribution in [0.3, 0.4) is 0 Å². The van der Waals surface area contributed by atoms with Crippen LogP contribution in [0.25, 0.3) is 0 Å². The minimum Gasteiger partial charge on any atom is -0.382 e. The lowest BCUT2D eigenvalue weighted by molar-refractivity contribution is 0.0902. The van der Waals surface area contributed by atoms with E-state index in [9.17, 15) is 8.42 Å². The van der Waals surface area contributed by atoms with Gasteiger partial charge in [-0.3, -0.25) is 9.29 Å². The number of hydrogen-bond donors (Lipinski definition) is 1. The molecule has 0 spiro atoms. The topological polar surface area (TPSA) is 121 Å². The van der Waals surface area contributed by atoms with E-state index in [0.29, 0.717) is 19.0 Å². The van der Waals surface area contributed by atoms with Gasteiger partial charge in [0.2, 0.25) is 16.0 Å². The predicted octanol–water partition coefficient (Wildman–Crippen LogP) is 0.583. The molecule has 2 heterocycles. The van der Waals surface area contributed by atoms with Crippen LogP contribution in [-0.4, -0.2) is 65.8 Å². The van der Waals surface area contributed by atoms with Crippen LogP contribution in [0.5, 0.6) is 0 Å². The van der Waals surface area contributed by atoms with Crippen LogP contribution in [0.4, 0.5) is 5.95 Å². The van der Waals surface area contributed by atoms with Crippen LogP contribution < -0.4 is 4.72 Å². The number of methoxy groups -OCH3 is 2. The van der Waals surface area contributed by atoms with Gasteiger partial charge in [-0.1, -0.05) is 0 Å². The van der Waals surface area contributed by atoms with Crippen LogP contribution in [0.2, 0.25) is 0 Å². The smallest absolute Gasteiger partial charge is 0.238 e. The first-order valence-electron chi connectivity index (χ1n) is 8.04. The second-order valence-corrected chi connectivity index (χ2v) is 8.06. The maximum absolute atomic E-state index is 12.6. The summed E-state index contributed by atoms with van der Waals surface area (Å²) in [5.74, 6) is 0.576. The number of rotatable bonds is 10. The lowest BCUT2D eigenvalue weighted by atomic mass is 10.3. The monoisotopic (exact) mass is 384 g/mol. The first-order chi connectivity index (χ1) is 12.4. The molecule has 2 aromatic heterocycles. The molecule has 26 heavy (non-hydrogen) atoms. The molecule has 0 amide bonds. The first kappa shape index (κ1) is 20.2. The van der Waals surface area contributed by atoms with Gasteiger partial charge in [-0.05, 0) is 19.4 Å². The number of ether oxygens (including phenoxy) is 2. The highest BCUT2D eigenvalue weighted by molar-refractivity contribution is 7.93. The summed E-state index contributed by atoms with van der Waals surface area (Å²) in [5, 5.41) is 6.91. The molecule has 2 aromatic rings. The molecule has 1 N–H and O–H groups in total. The van der Waals surface area contributed by atoms with Crippen LogP contribution in [0.1, 0.15) is 24.4 Å². The Balaban J connectivity index is 2.13. The molecule has 0 saturated carbocycles. The third kappa shape index (κ3) is 5.19. The highest BCUT2D eigenvalue weighted by atomic mass is 32.2. The Bertz CT molecular complexity index is 787. The standard InChI is InChI=1S/C15H24N6O4S/c1-11-6-16-14(17-7-11)5-12(2)26(22,23)20-15-19-18-10-21(15)13(8-24-3)9-25-4/h6-7,10,12-13H,5,8-9H2,1-4H3,(H,19,20)/t12-/m0/s1. The molecule has 0 aliphatic heterocycles. The van der Waals surface area contributed by atoms with Crippen molar-refractivity contribution in [3.05, 3.63) is 30.1 Å². The molecule has 11 heteroatoms. The highest BCUT2D eigenvalue weighted by Gasteiger charge is 2.26. The van der Waals surface area contributed by atoms with Gasteiger partial charge in [0, 0.05) is 33.0 Å². The Kier molecular flexibility index (Phi) is 7.00. The Morgan fingerprint density at radius 1 is 1.19 bits per heavy atom. The largest absolute Gasteiger partial charge is 0.382 e. The van der Waals surface area contributed by atoms with E-state index in [0.717, 1.165) is 5.56 Å². The minimum absolute atomic E-state index is 0.112. The summed E-state index contributed by atoms with van der Waals surface area (Å²) in [6.07, 6.45) is 4.94. The highest BCUT2D eigenvalue weighted by Crippen LogP contribution is 2.17. The van der Waals surface area contributed by atoms with Crippen LogP contribution >= 0.6 is 0 Å². The summed E-state index contributed by atoms with van der Waals surface area (Å²) in [5.41, 5.74) is 0.915. The van der Waals surface area contributed by atoms with E-state index < -0.39 is 15.3 Å². The summed E-state index contributed by atoms with van der Waals surface area (Å²) in [7, 11) is -0.600. The lowest BCUT2D eigenvalue weighted by Gasteiger charge is -2.20. The van der Waals surface area contributed by atoms with Gasteiger partial charge < -0.3 is 9.47 Å². The zero-order valence-electron chi connectivity index (χ0n) is 15.3. The first-order valence-corrected chi connectivity index (χ1v) is 9.58. The second-order valence-electron chi connectivity index (χ2n) is 5.96. The van der Waals surface area contributed by atoms with Crippen molar-refractivity contribution in [3.8, 4) is 0 Å². The molecule has 0 unspecified atom stereocenters. The van der Waals surface area contributed by atoms with Crippen molar-refractivity contribution in [1.82, 2.24) is 24.7 Å². The maximum Gasteiger partial charge on any atom is 0.238 e. The third-order valence-corrected chi connectivity index (χ3v) is 5.45. The van der Waals surface area contributed by atoms with Gasteiger partial charge in [-0.15, -0.1) is 10.2 Å². The van der Waals surface area contributed by atoms with E-state index >= 15 is 0 Å². The van der Waals surface area contributed by atoms with Crippen molar-refractivity contribution in [2.75, 3.05) is 32.2 Å². The van der Waals surface area contributed by atoms with E-state index in [4.69, 9.17) is 9.47 Å². The average molecular weight is 384 g/mol. The Labute approximate surface area is 153 Å². The number of nitrogens with one attached hydrogen (secondary N) is 1. The van der Waals surface area contributed by atoms with Crippen molar-refractivity contribution in [1.29, 1.82) is 0 Å². The molecular formula is C15H24N6O4S. The molecule has 0 saturated heterocycles. The fraction of sp³-hybridized carbons (Fsp3) is 0.600. The molecule has 0 bridgehead atoms. The predicted molar refractivity (Wildman–Crippen MR) is 95.3 cm³/mol. The van der Waals surface area contributed by atoms with Crippen molar-refractivity contribution in [2.24, 2.45) is 0 Å². The molecule has 0 radical (unpaired) electrons. The van der Waals surface area contributed by atoms with Crippen molar-refractivity contribution < 1.29 is 17.9 Å². The molecular weight excluding hydrogens is 360 g/mol. The van der Waals surface area contributed by atoms with Crippen LogP contribution in [-0.2, 0) is 25.9 Å². The number of hydrogen-bond acceptors (Lipinski definition) is 8. The normalized spacial score (nSPS) is 13.1. The summed E-state index contributed by atoms with van der Waals surface area (Å²) in [4.78, 5) is 8.31. The summed E-state index contributed by atoms with van der Waals surface area (Å²) >= 11 is 0. The Hall–Kier alpha value is -2.11. The van der Waals surface area contributed by atoms with Gasteiger partial charge >= 0.3 is 0 Å². The molecule has 0 aliphatic rings. The summed E-state index contributed by atoms with van der Waals surface area (Å²) in [6.45, 7) is 4.11. The van der Waals surface area contributed by atoms with Gasteiger partial charge in [0.25, 0.3) is 0 Å². The van der Waals surface area contributed by atoms with Gasteiger partial charge in [0.15, 0.2) is 0 Å². The Morgan fingerprint density at radius 2 is 1.81 bits per heavy atom. The summed E-state index contributed by atoms with van der Waals surface area (Å²) in [6, 6.07) is -0.256. The molecule has 0 fully saturated rings. The van der Waals surface area contributed by atoms with E-state index in [1.807, 2.05) is 6.92 Å². The molecule has 0 aromatic carbocycles. The molecule has 2 rings (SSSR count). The fourth-order valence-electron chi connectivity index (χ4n) is 2.30. The zero-order valence-corrected chi connectivity index (χ0v) is 16.1. The molecule has 1 atom stereocenters. The van der Waals surface area contributed by atoms with E-state index in [1.165, 1.54) is 6.33 Å². The average Bonchev–Trinajstić information content (AvgIpc) is 3.04. The van der Waals surface area contributed by atoms with E-state index in [1.54, 1.807) is 38.1 Å². The third-order valence-electron chi connectivity index (χ3n) is 3.75. The van der Waals surface area contributed by atoms with Gasteiger partial charge in [0.1, 0.15) is 12.2 Å². The number of anilines is 1. The van der Waals surface area contributed by atoms with E-state index in [-0.39, 0.29) is 18.4 Å². The van der Waals surface area contributed by atoms with Crippen molar-refractivity contribution in [3.63, 3.8) is 0 Å². The van der Waals surface area contributed by atoms with E-state index in [2.05, 4.69) is 24.9 Å². The molecule has 0 aliphatic carbocycles. The van der Waals surface area contributed by atoms with Gasteiger partial charge in [-0.2, -0.15) is 0 Å². The number of sulfonamides is 1. The van der Waals surface area contributed by atoms with Gasteiger partial charge in [0.05, 0.1) is 24.5 Å². The minimum atomic E-state index is -3.71. The maximum atomic E-state index is 12.6. The van der Waals surface area contributed by atoms with Crippen LogP contribution in [0.15, 0.2) is 18.7 Å². The lowest BCUT2D eigenvalue weighted by Crippen LogP contribution is -2.30. The van der Waals surface area contributed by atoms with Gasteiger partial charge in [-0.25, -0.2) is 18.4 Å². The number of nitrogens with zero attached hydrogens (tertiary/aromatic N) is 5. The quantitative estimate of drug-likeness (QED) is 0.631. The van der Waals surface area contributed by atoms with Crippen LogP contribution in [0, 0.1) is 6.92 Å². The number of aromatic nitrogens is 5. The summed E-state index contributed by atoms with van der Waals surface area (Å²) < 4.78 is 39.7. The fourth-order valence-corrected chi connectivity index (χ4v) is 3.27.